The van der Waals surface area contributed by atoms with E-state index >= 15 is 0 Å². The van der Waals surface area contributed by atoms with E-state index in [1.807, 2.05) is 0 Å². The monoisotopic (exact) mass is 330 g/mol. The second kappa shape index (κ2) is 1.96. The molecule has 0 rings (SSSR count). The molecule has 0 aliphatic rings. The zero-order valence-corrected chi connectivity index (χ0v) is 5.61. The van der Waals surface area contributed by atoms with Gasteiger partial charge in [-0.3, -0.25) is 0 Å². The SMILES string of the molecule is C[O][Cf]=[C](F)F. The van der Waals surface area contributed by atoms with Gasteiger partial charge in [0.2, 0.25) is 0 Å². The first-order valence-corrected chi connectivity index (χ1v) is 3.47. The van der Waals surface area contributed by atoms with Gasteiger partial charge in [0.05, 0.1) is 0 Å². The second-order valence-corrected chi connectivity index (χ2v) is 2.99. The van der Waals surface area contributed by atoms with E-state index < -0.39 is 6.93 Å². The summed E-state index contributed by atoms with van der Waals surface area (Å²) in [6, 6.07) is 0. The summed E-state index contributed by atoms with van der Waals surface area (Å²) in [4.78, 5) is 0. The first-order valence-electron chi connectivity index (χ1n) is 1.07. The normalized spacial score (nSPS) is 7.17. The van der Waals surface area contributed by atoms with Crippen LogP contribution in [0.3, 0.4) is 0 Å². The van der Waals surface area contributed by atoms with Crippen molar-refractivity contribution in [2.45, 2.75) is 0 Å². The number of halogens is 2. The molecule has 0 bridgehead atoms. The van der Waals surface area contributed by atoms with Gasteiger partial charge in [-0.15, -0.1) is 0 Å². The van der Waals surface area contributed by atoms with Gasteiger partial charge in [-0.25, -0.2) is 0 Å². The molecule has 0 N–H and O–H groups in total. The molecule has 0 aromatic carbocycles. The van der Waals surface area contributed by atoms with Crippen LogP contribution in [0, 0.1) is 0 Å². The predicted octanol–water partition coefficient (Wildman–Crippen LogP) is 0.659. The van der Waals surface area contributed by atoms with Crippen LogP contribution < -0.4 is 0 Å². The van der Waals surface area contributed by atoms with Gasteiger partial charge in [0, 0.05) is 0 Å². The molecular formula is C2H3CfF2O. The minimum atomic E-state index is -1.63. The first-order chi connectivity index (χ1) is 2.77. The third-order valence-corrected chi connectivity index (χ3v) is 1.06. The molecular weight excluding hydrogens is 329 g/mol. The molecule has 0 amide bonds. The molecule has 0 aliphatic carbocycles. The Hall–Kier alpha value is -1.31. The molecule has 4 heteroatoms. The third kappa shape index (κ3) is 2.69. The van der Waals surface area contributed by atoms with Gasteiger partial charge in [0.25, 0.3) is 0 Å². The summed E-state index contributed by atoms with van der Waals surface area (Å²) in [5, 5.41) is 4.16. The predicted molar refractivity (Wildman–Crippen MR) is 14.2 cm³/mol. The van der Waals surface area contributed by atoms with Crippen molar-refractivity contribution in [3.05, 3.63) is 0 Å². The van der Waals surface area contributed by atoms with Crippen LogP contribution in [0.25, 0.3) is 0 Å². The average molecular weight is 332 g/mol. The molecule has 0 spiro atoms. The van der Waals surface area contributed by atoms with E-state index in [1.54, 1.807) is 0 Å². The molecule has 0 unspecified atom stereocenters. The van der Waals surface area contributed by atoms with Crippen molar-refractivity contribution >= 4 is 6.93 Å². The van der Waals surface area contributed by atoms with Crippen molar-refractivity contribution < 1.29 is 13.9 Å². The van der Waals surface area contributed by atoms with Crippen LogP contribution in [-0.4, -0.2) is 14.0 Å². The fourth-order valence-electron chi connectivity index (χ4n) is 0.0488. The van der Waals surface area contributed by atoms with Crippen LogP contribution in [0.2, 0.25) is 0 Å². The van der Waals surface area contributed by atoms with Gasteiger partial charge in [0.1, 0.15) is 0 Å². The Bertz CT molecular complexity index is 58.6. The number of hydrogen-bond donors (Lipinski definition) is 0. The molecule has 0 heterocycles. The van der Waals surface area contributed by atoms with Gasteiger partial charge in [-0.1, -0.05) is 0 Å². The molecule has 0 radical (unpaired) electrons. The van der Waals surface area contributed by atoms with Gasteiger partial charge >= 0.3 is 27.9 Å². The van der Waals surface area contributed by atoms with E-state index in [9.17, 15) is 8.78 Å². The Morgan fingerprint density at radius 1 is 1.67 bits per heavy atom. The molecule has 0 aromatic rings. The van der Waals surface area contributed by atoms with Crippen LogP contribution in [-0.2, 0) is 5.11 Å². The Morgan fingerprint density at radius 3 is 2.17 bits per heavy atom. The molecule has 0 saturated heterocycles. The summed E-state index contributed by atoms with van der Waals surface area (Å²) in [6.07, 6.45) is 0. The zero-order valence-electron chi connectivity index (χ0n) is 2.98. The molecule has 1 nitrogen and oxygen atoms in total. The van der Waals surface area contributed by atoms with Crippen LogP contribution in [0.5, 0.6) is 0 Å². The fourth-order valence-corrected chi connectivity index (χ4v) is 0.455. The summed E-state index contributed by atoms with van der Waals surface area (Å²) in [5.41, 5.74) is 0. The Kier molecular flexibility index (Phi) is 1.53. The maximum absolute atomic E-state index is 10.9. The van der Waals surface area contributed by atoms with Crippen LogP contribution in [0.4, 0.5) is 8.78 Å². The van der Waals surface area contributed by atoms with E-state index in [4.69, 9.17) is 0 Å². The van der Waals surface area contributed by atoms with Gasteiger partial charge < -0.3 is 0 Å². The van der Waals surface area contributed by atoms with Gasteiger partial charge in [0.15, 0.2) is 0 Å². The first kappa shape index (κ1) is 4.69. The number of rotatable bonds is 1. The summed E-state index contributed by atoms with van der Waals surface area (Å²) in [5.74, 6) is 0. The van der Waals surface area contributed by atoms with Crippen molar-refractivity contribution in [2.75, 3.05) is 7.11 Å². The standard InChI is InChI=1S/CF2.CH3O.Cf/c2-1-3;1-2;/h;1H3;/q;-1;+1. The molecule has 0 atom stereocenters. The van der Waals surface area contributed by atoms with E-state index in [0.717, 1.165) is 0 Å². The average Bonchev–Trinajstić information content (AvgIpc) is 1.35. The Labute approximate surface area is 29.2 Å². The second-order valence-electron chi connectivity index (χ2n) is 0.385. The molecule has 0 aliphatic heterocycles. The third-order valence-electron chi connectivity index (χ3n) is 0.113. The fraction of sp³-hybridized carbons (Fsp3) is 0.500. The van der Waals surface area contributed by atoms with Crippen molar-refractivity contribution in [2.24, 2.45) is 0 Å². The van der Waals surface area contributed by atoms with E-state index in [1.165, 1.54) is 7.11 Å². The summed E-state index contributed by atoms with van der Waals surface area (Å²) in [6.45, 7) is -1.53. The van der Waals surface area contributed by atoms with Crippen LogP contribution >= 0.6 is 0 Å². The molecule has 6 heavy (non-hydrogen) atoms. The van der Waals surface area contributed by atoms with E-state index in [-0.39, 0.29) is 0 Å². The molecule has 41 valence electrons. The Morgan fingerprint density at radius 2 is 2.17 bits per heavy atom. The van der Waals surface area contributed by atoms with E-state index in [0.29, 0.717) is 0 Å². The quantitative estimate of drug-likeness (QED) is 0.686. The maximum atomic E-state index is 10.9. The van der Waals surface area contributed by atoms with Crippen LogP contribution in [0.15, 0.2) is 0 Å². The molecule has 0 fully saturated rings. The van der Waals surface area contributed by atoms with Crippen LogP contribution in [0.1, 0.15) is 0 Å². The molecule has 0 aromatic heterocycles. The topological polar surface area (TPSA) is 9.23 Å². The van der Waals surface area contributed by atoms with Gasteiger partial charge in [-0.05, 0) is 0 Å². The van der Waals surface area contributed by atoms with Crippen molar-refractivity contribution in [1.82, 2.24) is 0 Å². The zero-order chi connectivity index (χ0) is 4.99. The Balaban J connectivity index is 3.14. The van der Waals surface area contributed by atoms with Crippen molar-refractivity contribution in [3.8, 4) is 0 Å². The van der Waals surface area contributed by atoms with E-state index in [2.05, 4.69) is 5.11 Å². The minimum absolute atomic E-state index is 1.29. The molecule has 0 saturated carbocycles. The van der Waals surface area contributed by atoms with Crippen molar-refractivity contribution in [3.63, 3.8) is 0 Å². The van der Waals surface area contributed by atoms with Gasteiger partial charge in [-0.2, -0.15) is 0 Å². The van der Waals surface area contributed by atoms with Crippen molar-refractivity contribution in [1.29, 1.82) is 0 Å². The summed E-state index contributed by atoms with van der Waals surface area (Å²) < 4.78 is 20.2. The summed E-state index contributed by atoms with van der Waals surface area (Å²) >= 11 is 0. The number of hydrogen-bond acceptors (Lipinski definition) is 1. The summed E-state index contributed by atoms with van der Waals surface area (Å²) in [7, 11) is 1.29.